The minimum absolute atomic E-state index is 0.266. The Kier molecular flexibility index (Phi) is 3.60. The molecule has 0 saturated heterocycles. The molecular formula is C13H9ClIN3S. The van der Waals surface area contributed by atoms with Gasteiger partial charge in [0.15, 0.2) is 0 Å². The van der Waals surface area contributed by atoms with Gasteiger partial charge in [0.25, 0.3) is 0 Å². The number of fused-ring (bicyclic) bond motifs is 1. The van der Waals surface area contributed by atoms with Crippen LogP contribution in [0.25, 0.3) is 10.2 Å². The third-order valence-electron chi connectivity index (χ3n) is 2.58. The zero-order valence-corrected chi connectivity index (χ0v) is 13.7. The standard InChI is InChI=1S/C13H9ClIN3S/c1-7-5-10-11(17-13(14)18-12(10)19-7)16-9-4-2-3-8(15)6-9/h2-6H,1H3,(H,16,17,18). The van der Waals surface area contributed by atoms with E-state index < -0.39 is 0 Å². The molecule has 19 heavy (non-hydrogen) atoms. The lowest BCUT2D eigenvalue weighted by Crippen LogP contribution is -1.96. The van der Waals surface area contributed by atoms with E-state index in [4.69, 9.17) is 11.6 Å². The summed E-state index contributed by atoms with van der Waals surface area (Å²) in [5.74, 6) is 0.751. The third kappa shape index (κ3) is 2.82. The predicted octanol–water partition coefficient (Wildman–Crippen LogP) is 5.00. The van der Waals surface area contributed by atoms with Gasteiger partial charge in [0.1, 0.15) is 10.6 Å². The van der Waals surface area contributed by atoms with E-state index in [-0.39, 0.29) is 5.28 Å². The third-order valence-corrected chi connectivity index (χ3v) is 4.36. The smallest absolute Gasteiger partial charge is 0.225 e. The Balaban J connectivity index is 2.09. The van der Waals surface area contributed by atoms with Crippen LogP contribution in [0.2, 0.25) is 5.28 Å². The van der Waals surface area contributed by atoms with E-state index in [9.17, 15) is 0 Å². The van der Waals surface area contributed by atoms with Crippen LogP contribution in [0.5, 0.6) is 0 Å². The Morgan fingerprint density at radius 2 is 2.11 bits per heavy atom. The maximum absolute atomic E-state index is 5.97. The van der Waals surface area contributed by atoms with Gasteiger partial charge < -0.3 is 5.32 Å². The molecule has 0 saturated carbocycles. The van der Waals surface area contributed by atoms with E-state index in [2.05, 4.69) is 56.9 Å². The monoisotopic (exact) mass is 401 g/mol. The quantitative estimate of drug-likeness (QED) is 0.485. The molecule has 0 bridgehead atoms. The van der Waals surface area contributed by atoms with Crippen molar-refractivity contribution >= 4 is 67.3 Å². The lowest BCUT2D eigenvalue weighted by molar-refractivity contribution is 1.23. The second-order valence-electron chi connectivity index (χ2n) is 4.05. The van der Waals surface area contributed by atoms with Crippen molar-refractivity contribution in [3.05, 3.63) is 44.1 Å². The first kappa shape index (κ1) is 13.1. The average molecular weight is 402 g/mol. The topological polar surface area (TPSA) is 37.8 Å². The fraction of sp³-hybridized carbons (Fsp3) is 0.0769. The number of rotatable bonds is 2. The number of nitrogens with zero attached hydrogens (tertiary/aromatic N) is 2. The minimum Gasteiger partial charge on any atom is -0.340 e. The van der Waals surface area contributed by atoms with Crippen LogP contribution in [0.1, 0.15) is 4.88 Å². The molecule has 0 aliphatic carbocycles. The van der Waals surface area contributed by atoms with Crippen molar-refractivity contribution in [2.75, 3.05) is 5.32 Å². The molecule has 3 aromatic rings. The highest BCUT2D eigenvalue weighted by Crippen LogP contribution is 2.31. The molecule has 0 aliphatic heterocycles. The molecule has 0 amide bonds. The number of aromatic nitrogens is 2. The van der Waals surface area contributed by atoms with Crippen molar-refractivity contribution in [1.82, 2.24) is 9.97 Å². The Labute approximate surface area is 133 Å². The summed E-state index contributed by atoms with van der Waals surface area (Å²) < 4.78 is 1.17. The van der Waals surface area contributed by atoms with Crippen LogP contribution < -0.4 is 5.32 Å². The molecule has 96 valence electrons. The number of anilines is 2. The van der Waals surface area contributed by atoms with Crippen molar-refractivity contribution in [3.63, 3.8) is 0 Å². The second kappa shape index (κ2) is 5.22. The van der Waals surface area contributed by atoms with Gasteiger partial charge in [-0.05, 0) is 65.4 Å². The Morgan fingerprint density at radius 3 is 2.89 bits per heavy atom. The molecule has 3 nitrogen and oxygen atoms in total. The first-order chi connectivity index (χ1) is 9.11. The fourth-order valence-electron chi connectivity index (χ4n) is 1.81. The van der Waals surface area contributed by atoms with E-state index in [0.29, 0.717) is 0 Å². The van der Waals surface area contributed by atoms with Crippen LogP contribution in [-0.2, 0) is 0 Å². The van der Waals surface area contributed by atoms with Gasteiger partial charge in [0.05, 0.1) is 5.39 Å². The summed E-state index contributed by atoms with van der Waals surface area (Å²) in [6, 6.07) is 10.2. The average Bonchev–Trinajstić information content (AvgIpc) is 2.69. The van der Waals surface area contributed by atoms with Gasteiger partial charge in [0, 0.05) is 14.1 Å². The second-order valence-corrected chi connectivity index (χ2v) is 6.87. The minimum atomic E-state index is 0.266. The largest absolute Gasteiger partial charge is 0.340 e. The molecule has 1 N–H and O–H groups in total. The molecular weight excluding hydrogens is 393 g/mol. The van der Waals surface area contributed by atoms with E-state index in [1.165, 1.54) is 8.45 Å². The van der Waals surface area contributed by atoms with Crippen LogP contribution in [-0.4, -0.2) is 9.97 Å². The molecule has 0 fully saturated rings. The number of hydrogen-bond donors (Lipinski definition) is 1. The van der Waals surface area contributed by atoms with Crippen molar-refractivity contribution in [1.29, 1.82) is 0 Å². The zero-order valence-electron chi connectivity index (χ0n) is 9.95. The number of hydrogen-bond acceptors (Lipinski definition) is 4. The molecule has 6 heteroatoms. The van der Waals surface area contributed by atoms with Gasteiger partial charge in [-0.15, -0.1) is 11.3 Å². The highest BCUT2D eigenvalue weighted by atomic mass is 127. The summed E-state index contributed by atoms with van der Waals surface area (Å²) in [6.07, 6.45) is 0. The van der Waals surface area contributed by atoms with Gasteiger partial charge in [-0.2, -0.15) is 4.98 Å². The molecule has 0 unspecified atom stereocenters. The SMILES string of the molecule is Cc1cc2c(Nc3cccc(I)c3)nc(Cl)nc2s1. The Hall–Kier alpha value is -0.920. The lowest BCUT2D eigenvalue weighted by Gasteiger charge is -2.07. The number of benzene rings is 1. The molecule has 0 radical (unpaired) electrons. The predicted molar refractivity (Wildman–Crippen MR) is 89.6 cm³/mol. The van der Waals surface area contributed by atoms with E-state index in [0.717, 1.165) is 21.7 Å². The van der Waals surface area contributed by atoms with Crippen molar-refractivity contribution in [3.8, 4) is 0 Å². The number of aryl methyl sites for hydroxylation is 1. The van der Waals surface area contributed by atoms with Crippen LogP contribution in [0, 0.1) is 10.5 Å². The summed E-state index contributed by atoms with van der Waals surface area (Å²) in [5, 5.41) is 4.58. The summed E-state index contributed by atoms with van der Waals surface area (Å²) >= 11 is 9.87. The maximum atomic E-state index is 5.97. The number of nitrogens with one attached hydrogen (secondary N) is 1. The van der Waals surface area contributed by atoms with Gasteiger partial charge >= 0.3 is 0 Å². The van der Waals surface area contributed by atoms with E-state index >= 15 is 0 Å². The van der Waals surface area contributed by atoms with Crippen LogP contribution >= 0.6 is 45.5 Å². The van der Waals surface area contributed by atoms with Crippen LogP contribution in [0.3, 0.4) is 0 Å². The molecule has 3 rings (SSSR count). The number of halogens is 2. The molecule has 0 aliphatic rings. The lowest BCUT2D eigenvalue weighted by atomic mass is 10.3. The summed E-state index contributed by atoms with van der Waals surface area (Å²) in [7, 11) is 0. The molecule has 0 spiro atoms. The zero-order chi connectivity index (χ0) is 13.4. The van der Waals surface area contributed by atoms with E-state index in [1.807, 2.05) is 18.2 Å². The first-order valence-electron chi connectivity index (χ1n) is 5.58. The highest BCUT2D eigenvalue weighted by molar-refractivity contribution is 14.1. The van der Waals surface area contributed by atoms with Crippen molar-refractivity contribution in [2.45, 2.75) is 6.92 Å². The van der Waals surface area contributed by atoms with Gasteiger partial charge in [-0.3, -0.25) is 0 Å². The summed E-state index contributed by atoms with van der Waals surface area (Å²) in [4.78, 5) is 10.6. The van der Waals surface area contributed by atoms with E-state index in [1.54, 1.807) is 11.3 Å². The molecule has 2 aromatic heterocycles. The van der Waals surface area contributed by atoms with Crippen LogP contribution in [0.4, 0.5) is 11.5 Å². The molecule has 0 atom stereocenters. The van der Waals surface area contributed by atoms with Crippen molar-refractivity contribution < 1.29 is 0 Å². The molecule has 1 aromatic carbocycles. The highest BCUT2D eigenvalue weighted by Gasteiger charge is 2.10. The summed E-state index contributed by atoms with van der Waals surface area (Å²) in [5.41, 5.74) is 0.992. The molecule has 2 heterocycles. The fourth-order valence-corrected chi connectivity index (χ4v) is 3.46. The van der Waals surface area contributed by atoms with Gasteiger partial charge in [-0.1, -0.05) is 6.07 Å². The number of thiophene rings is 1. The first-order valence-corrected chi connectivity index (χ1v) is 7.85. The van der Waals surface area contributed by atoms with Crippen LogP contribution in [0.15, 0.2) is 30.3 Å². The maximum Gasteiger partial charge on any atom is 0.225 e. The Bertz CT molecular complexity index is 757. The normalized spacial score (nSPS) is 10.9. The van der Waals surface area contributed by atoms with Crippen molar-refractivity contribution in [2.24, 2.45) is 0 Å². The van der Waals surface area contributed by atoms with Gasteiger partial charge in [0.2, 0.25) is 5.28 Å². The summed E-state index contributed by atoms with van der Waals surface area (Å²) in [6.45, 7) is 2.05. The van der Waals surface area contributed by atoms with Gasteiger partial charge in [-0.25, -0.2) is 4.98 Å². The Morgan fingerprint density at radius 1 is 1.26 bits per heavy atom.